The quantitative estimate of drug-likeness (QED) is 0.244. The molecule has 0 saturated heterocycles. The number of rotatable bonds is 10. The average Bonchev–Trinajstić information content (AvgIpc) is 3.11. The Balaban J connectivity index is 1.76. The van der Waals surface area contributed by atoms with Crippen LogP contribution in [0, 0.1) is 6.92 Å². The summed E-state index contributed by atoms with van der Waals surface area (Å²) in [6.07, 6.45) is 4.08. The van der Waals surface area contributed by atoms with Gasteiger partial charge in [-0.05, 0) is 48.7 Å². The molecule has 4 nitrogen and oxygen atoms in total. The molecule has 0 unspecified atom stereocenters. The van der Waals surface area contributed by atoms with Crippen LogP contribution in [-0.2, 0) is 12.3 Å². The minimum Gasteiger partial charge on any atom is -0.494 e. The van der Waals surface area contributed by atoms with Gasteiger partial charge >= 0.3 is 0 Å². The highest BCUT2D eigenvalue weighted by atomic mass is 32.2. The molecule has 0 fully saturated rings. The number of ether oxygens (including phenoxy) is 1. The molecule has 0 aliphatic rings. The van der Waals surface area contributed by atoms with Crippen molar-refractivity contribution in [2.24, 2.45) is 0 Å². The molecule has 0 N–H and O–H groups in total. The first-order valence-electron chi connectivity index (χ1n) is 9.67. The lowest BCUT2D eigenvalue weighted by Gasteiger charge is -2.10. The maximum Gasteiger partial charge on any atom is 0.192 e. The maximum atomic E-state index is 5.76. The Kier molecular flexibility index (Phi) is 7.31. The first kappa shape index (κ1) is 20.2. The smallest absolute Gasteiger partial charge is 0.192 e. The molecule has 0 atom stereocenters. The molecule has 0 radical (unpaired) electrons. The second-order valence-electron chi connectivity index (χ2n) is 6.65. The van der Waals surface area contributed by atoms with Crippen molar-refractivity contribution >= 4 is 11.8 Å². The van der Waals surface area contributed by atoms with Crippen molar-refractivity contribution < 1.29 is 4.74 Å². The Hall–Kier alpha value is -2.53. The molecule has 1 heterocycles. The second-order valence-corrected chi connectivity index (χ2v) is 7.59. The summed E-state index contributed by atoms with van der Waals surface area (Å²) >= 11 is 1.70. The monoisotopic (exact) mass is 393 g/mol. The summed E-state index contributed by atoms with van der Waals surface area (Å²) in [4.78, 5) is 0. The molecule has 0 spiro atoms. The van der Waals surface area contributed by atoms with Crippen LogP contribution in [0.5, 0.6) is 5.75 Å². The van der Waals surface area contributed by atoms with E-state index in [4.69, 9.17) is 4.74 Å². The van der Waals surface area contributed by atoms with Crippen molar-refractivity contribution in [1.29, 1.82) is 0 Å². The summed E-state index contributed by atoms with van der Waals surface area (Å²) < 4.78 is 7.87. The Morgan fingerprint density at radius 2 is 1.89 bits per heavy atom. The number of allylic oxidation sites excluding steroid dienone is 1. The van der Waals surface area contributed by atoms with Crippen molar-refractivity contribution in [2.45, 2.75) is 44.1 Å². The zero-order chi connectivity index (χ0) is 19.8. The maximum absolute atomic E-state index is 5.76. The zero-order valence-corrected chi connectivity index (χ0v) is 17.4. The molecule has 2 aromatic carbocycles. The van der Waals surface area contributed by atoms with Gasteiger partial charge in [0.2, 0.25) is 0 Å². The predicted octanol–water partition coefficient (Wildman–Crippen LogP) is 5.91. The van der Waals surface area contributed by atoms with Crippen LogP contribution in [0.25, 0.3) is 11.4 Å². The lowest BCUT2D eigenvalue weighted by Crippen LogP contribution is -2.01. The third kappa shape index (κ3) is 5.04. The fraction of sp³-hybridized carbons (Fsp3) is 0.304. The predicted molar refractivity (Wildman–Crippen MR) is 117 cm³/mol. The molecule has 0 aliphatic heterocycles. The van der Waals surface area contributed by atoms with Gasteiger partial charge in [-0.2, -0.15) is 0 Å². The fourth-order valence-corrected chi connectivity index (χ4v) is 3.88. The molecule has 0 aliphatic carbocycles. The minimum atomic E-state index is 0.674. The van der Waals surface area contributed by atoms with Gasteiger partial charge in [0, 0.05) is 17.9 Å². The molecule has 5 heteroatoms. The van der Waals surface area contributed by atoms with E-state index in [0.717, 1.165) is 47.5 Å². The van der Waals surface area contributed by atoms with E-state index in [0.29, 0.717) is 6.54 Å². The van der Waals surface area contributed by atoms with Gasteiger partial charge in [-0.3, -0.25) is 4.57 Å². The van der Waals surface area contributed by atoms with E-state index >= 15 is 0 Å². The van der Waals surface area contributed by atoms with Gasteiger partial charge in [0.25, 0.3) is 0 Å². The summed E-state index contributed by atoms with van der Waals surface area (Å²) in [6, 6.07) is 16.5. The second kappa shape index (κ2) is 10.1. The number of thioether (sulfide) groups is 1. The number of hydrogen-bond donors (Lipinski definition) is 0. The average molecular weight is 394 g/mol. The lowest BCUT2D eigenvalue weighted by molar-refractivity contribution is 0.309. The number of hydrogen-bond acceptors (Lipinski definition) is 4. The van der Waals surface area contributed by atoms with E-state index < -0.39 is 0 Å². The number of nitrogens with zero attached hydrogens (tertiary/aromatic N) is 3. The molecule has 0 amide bonds. The summed E-state index contributed by atoms with van der Waals surface area (Å²) in [7, 11) is 0. The van der Waals surface area contributed by atoms with Gasteiger partial charge in [-0.15, -0.1) is 16.8 Å². The molecule has 0 saturated carbocycles. The van der Waals surface area contributed by atoms with Gasteiger partial charge in [0.05, 0.1) is 6.61 Å². The standard InChI is InChI=1S/C23H27N3OS/c1-4-6-16-27-21-13-11-19(12-14-21)22-24-25-23(26(22)15-5-2)28-17-20-10-8-7-9-18(20)3/h5,7-14H,2,4,6,15-17H2,1,3H3. The van der Waals surface area contributed by atoms with Crippen LogP contribution in [0.2, 0.25) is 0 Å². The number of aryl methyl sites for hydroxylation is 1. The van der Waals surface area contributed by atoms with Crippen LogP contribution >= 0.6 is 11.8 Å². The zero-order valence-electron chi connectivity index (χ0n) is 16.6. The summed E-state index contributed by atoms with van der Waals surface area (Å²) in [5, 5.41) is 9.79. The fourth-order valence-electron chi connectivity index (χ4n) is 2.85. The van der Waals surface area contributed by atoms with E-state index in [1.54, 1.807) is 11.8 Å². The van der Waals surface area contributed by atoms with Crippen molar-refractivity contribution in [1.82, 2.24) is 14.8 Å². The summed E-state index contributed by atoms with van der Waals surface area (Å²) in [5.74, 6) is 2.61. The van der Waals surface area contributed by atoms with Crippen LogP contribution in [0.1, 0.15) is 30.9 Å². The minimum absolute atomic E-state index is 0.674. The highest BCUT2D eigenvalue weighted by molar-refractivity contribution is 7.98. The van der Waals surface area contributed by atoms with Crippen molar-refractivity contribution in [2.75, 3.05) is 6.61 Å². The molecule has 1 aromatic heterocycles. The van der Waals surface area contributed by atoms with Gasteiger partial charge in [0.1, 0.15) is 5.75 Å². The Morgan fingerprint density at radius 1 is 1.11 bits per heavy atom. The highest BCUT2D eigenvalue weighted by Crippen LogP contribution is 2.28. The van der Waals surface area contributed by atoms with Crippen LogP contribution in [0.3, 0.4) is 0 Å². The van der Waals surface area contributed by atoms with Crippen LogP contribution in [0.15, 0.2) is 66.3 Å². The van der Waals surface area contributed by atoms with Crippen molar-refractivity contribution in [3.8, 4) is 17.1 Å². The third-order valence-corrected chi connectivity index (χ3v) is 5.54. The summed E-state index contributed by atoms with van der Waals surface area (Å²) in [5.41, 5.74) is 3.64. The Labute approximate surface area is 171 Å². The summed E-state index contributed by atoms with van der Waals surface area (Å²) in [6.45, 7) is 9.62. The molecule has 146 valence electrons. The Bertz CT molecular complexity index is 902. The van der Waals surface area contributed by atoms with Crippen molar-refractivity contribution in [3.05, 3.63) is 72.3 Å². The first-order valence-corrected chi connectivity index (χ1v) is 10.7. The number of unbranched alkanes of at least 4 members (excludes halogenated alkanes) is 1. The lowest BCUT2D eigenvalue weighted by atomic mass is 10.1. The normalized spacial score (nSPS) is 10.8. The number of benzene rings is 2. The highest BCUT2D eigenvalue weighted by Gasteiger charge is 2.14. The van der Waals surface area contributed by atoms with Gasteiger partial charge < -0.3 is 4.74 Å². The van der Waals surface area contributed by atoms with Crippen LogP contribution in [0.4, 0.5) is 0 Å². The molecule has 3 rings (SSSR count). The van der Waals surface area contributed by atoms with E-state index in [-0.39, 0.29) is 0 Å². The van der Waals surface area contributed by atoms with Crippen LogP contribution < -0.4 is 4.74 Å². The molecular weight excluding hydrogens is 366 g/mol. The molecule has 3 aromatic rings. The largest absolute Gasteiger partial charge is 0.494 e. The first-order chi connectivity index (χ1) is 13.7. The molecular formula is C23H27N3OS. The van der Waals surface area contributed by atoms with E-state index in [2.05, 4.69) is 59.5 Å². The SMILES string of the molecule is C=CCn1c(SCc2ccccc2C)nnc1-c1ccc(OCCCC)cc1. The topological polar surface area (TPSA) is 39.9 Å². The van der Waals surface area contributed by atoms with Crippen LogP contribution in [-0.4, -0.2) is 21.4 Å². The van der Waals surface area contributed by atoms with E-state index in [9.17, 15) is 0 Å². The third-order valence-electron chi connectivity index (χ3n) is 4.53. The van der Waals surface area contributed by atoms with Gasteiger partial charge in [-0.1, -0.05) is 55.4 Å². The number of aromatic nitrogens is 3. The van der Waals surface area contributed by atoms with Crippen molar-refractivity contribution in [3.63, 3.8) is 0 Å². The molecule has 28 heavy (non-hydrogen) atoms. The van der Waals surface area contributed by atoms with E-state index in [1.165, 1.54) is 11.1 Å². The van der Waals surface area contributed by atoms with Gasteiger partial charge in [0.15, 0.2) is 11.0 Å². The van der Waals surface area contributed by atoms with E-state index in [1.807, 2.05) is 30.3 Å². The molecule has 0 bridgehead atoms. The Morgan fingerprint density at radius 3 is 2.61 bits per heavy atom. The van der Waals surface area contributed by atoms with Gasteiger partial charge in [-0.25, -0.2) is 0 Å².